The summed E-state index contributed by atoms with van der Waals surface area (Å²) in [5.74, 6) is -1.04. The summed E-state index contributed by atoms with van der Waals surface area (Å²) in [4.78, 5) is 27.2. The van der Waals surface area contributed by atoms with Crippen LogP contribution < -0.4 is 15.6 Å². The van der Waals surface area contributed by atoms with Crippen molar-refractivity contribution in [2.75, 3.05) is 0 Å². The molecule has 0 aliphatic rings. The molecule has 6 nitrogen and oxygen atoms in total. The van der Waals surface area contributed by atoms with Gasteiger partial charge < -0.3 is 9.72 Å². The van der Waals surface area contributed by atoms with Crippen LogP contribution in [0.5, 0.6) is 5.75 Å². The molecule has 0 aliphatic carbocycles. The van der Waals surface area contributed by atoms with Gasteiger partial charge in [0, 0.05) is 10.9 Å². The Labute approximate surface area is 149 Å². The molecule has 0 saturated heterocycles. The predicted molar refractivity (Wildman–Crippen MR) is 95.1 cm³/mol. The Morgan fingerprint density at radius 3 is 2.54 bits per heavy atom. The fourth-order valence-corrected chi connectivity index (χ4v) is 2.42. The average Bonchev–Trinajstić information content (AvgIpc) is 3.04. The smallest absolute Gasteiger partial charge is 0.286 e. The van der Waals surface area contributed by atoms with Crippen molar-refractivity contribution in [3.8, 4) is 5.75 Å². The average molecular weight is 355 g/mol. The van der Waals surface area contributed by atoms with Crippen LogP contribution in [0.15, 0.2) is 48.5 Å². The van der Waals surface area contributed by atoms with Crippen LogP contribution in [0, 0.1) is 12.7 Å². The highest BCUT2D eigenvalue weighted by Gasteiger charge is 2.16. The first-order chi connectivity index (χ1) is 12.4. The molecule has 2 aromatic carbocycles. The van der Waals surface area contributed by atoms with Gasteiger partial charge in [0.2, 0.25) is 0 Å². The van der Waals surface area contributed by atoms with Crippen molar-refractivity contribution >= 4 is 22.7 Å². The van der Waals surface area contributed by atoms with E-state index in [0.717, 1.165) is 16.5 Å². The van der Waals surface area contributed by atoms with E-state index in [2.05, 4.69) is 15.8 Å². The van der Waals surface area contributed by atoms with Gasteiger partial charge in [-0.05, 0) is 55.8 Å². The molecule has 134 valence electrons. The Kier molecular flexibility index (Phi) is 4.88. The van der Waals surface area contributed by atoms with E-state index in [1.807, 2.05) is 25.1 Å². The van der Waals surface area contributed by atoms with Crippen LogP contribution in [0.25, 0.3) is 10.9 Å². The van der Waals surface area contributed by atoms with Gasteiger partial charge in [0.05, 0.1) is 0 Å². The quantitative estimate of drug-likeness (QED) is 0.629. The van der Waals surface area contributed by atoms with E-state index in [-0.39, 0.29) is 0 Å². The zero-order chi connectivity index (χ0) is 18.7. The van der Waals surface area contributed by atoms with Gasteiger partial charge in [-0.2, -0.15) is 0 Å². The van der Waals surface area contributed by atoms with E-state index in [4.69, 9.17) is 4.74 Å². The maximum absolute atomic E-state index is 12.9. The molecular weight excluding hydrogens is 337 g/mol. The molecule has 3 aromatic rings. The van der Waals surface area contributed by atoms with Gasteiger partial charge in [0.15, 0.2) is 6.10 Å². The van der Waals surface area contributed by atoms with Crippen LogP contribution in [0.1, 0.15) is 23.0 Å². The molecule has 1 atom stereocenters. The van der Waals surface area contributed by atoms with Crippen molar-refractivity contribution in [2.45, 2.75) is 20.0 Å². The largest absolute Gasteiger partial charge is 0.481 e. The number of nitrogens with one attached hydrogen (secondary N) is 3. The Hall–Kier alpha value is -3.35. The van der Waals surface area contributed by atoms with Gasteiger partial charge in [-0.1, -0.05) is 12.1 Å². The standard InChI is InChI=1S/C19H18FN3O3/c1-11-3-4-13-10-17(21-16(13)9-11)19(25)23-22-18(24)12(2)26-15-7-5-14(20)6-8-15/h3-10,12,21H,1-2H3,(H,22,24)(H,23,25). The lowest BCUT2D eigenvalue weighted by Gasteiger charge is -2.14. The van der Waals surface area contributed by atoms with Gasteiger partial charge in [-0.3, -0.25) is 20.4 Å². The number of ether oxygens (including phenoxy) is 1. The number of hydrogen-bond acceptors (Lipinski definition) is 3. The number of benzene rings is 2. The molecule has 3 N–H and O–H groups in total. The first kappa shape index (κ1) is 17.5. The minimum atomic E-state index is -0.869. The highest BCUT2D eigenvalue weighted by Crippen LogP contribution is 2.17. The summed E-state index contributed by atoms with van der Waals surface area (Å²) in [6.07, 6.45) is -0.869. The Bertz CT molecular complexity index is 950. The number of H-pyrrole nitrogens is 1. The van der Waals surface area contributed by atoms with Gasteiger partial charge in [0.1, 0.15) is 17.3 Å². The van der Waals surface area contributed by atoms with Crippen molar-refractivity contribution in [1.82, 2.24) is 15.8 Å². The van der Waals surface area contributed by atoms with E-state index in [1.165, 1.54) is 31.2 Å². The summed E-state index contributed by atoms with van der Waals surface area (Å²) in [6.45, 7) is 3.49. The number of aromatic amines is 1. The minimum absolute atomic E-state index is 0.331. The van der Waals surface area contributed by atoms with E-state index in [1.54, 1.807) is 6.07 Å². The molecule has 0 saturated carbocycles. The maximum Gasteiger partial charge on any atom is 0.286 e. The topological polar surface area (TPSA) is 83.2 Å². The third-order valence-corrected chi connectivity index (χ3v) is 3.82. The molecule has 26 heavy (non-hydrogen) atoms. The van der Waals surface area contributed by atoms with E-state index >= 15 is 0 Å². The normalized spacial score (nSPS) is 11.8. The summed E-state index contributed by atoms with van der Waals surface area (Å²) < 4.78 is 18.3. The van der Waals surface area contributed by atoms with Gasteiger partial charge in [0.25, 0.3) is 11.8 Å². The minimum Gasteiger partial charge on any atom is -0.481 e. The maximum atomic E-state index is 12.9. The molecule has 1 unspecified atom stereocenters. The van der Waals surface area contributed by atoms with Crippen molar-refractivity contribution in [1.29, 1.82) is 0 Å². The SMILES string of the molecule is Cc1ccc2cc(C(=O)NNC(=O)C(C)Oc3ccc(F)cc3)[nH]c2c1. The van der Waals surface area contributed by atoms with Crippen molar-refractivity contribution in [3.63, 3.8) is 0 Å². The first-order valence-corrected chi connectivity index (χ1v) is 8.04. The summed E-state index contributed by atoms with van der Waals surface area (Å²) in [6, 6.07) is 12.8. The third kappa shape index (κ3) is 4.00. The van der Waals surface area contributed by atoms with Crippen LogP contribution in [0.2, 0.25) is 0 Å². The van der Waals surface area contributed by atoms with Crippen molar-refractivity contribution in [3.05, 3.63) is 65.6 Å². The van der Waals surface area contributed by atoms with E-state index in [0.29, 0.717) is 11.4 Å². The number of hydrazine groups is 1. The van der Waals surface area contributed by atoms with E-state index < -0.39 is 23.7 Å². The number of hydrogen-bond donors (Lipinski definition) is 3. The van der Waals surface area contributed by atoms with Crippen molar-refractivity contribution < 1.29 is 18.7 Å². The summed E-state index contributed by atoms with van der Waals surface area (Å²) in [5, 5.41) is 0.903. The highest BCUT2D eigenvalue weighted by molar-refractivity contribution is 5.99. The number of carbonyl (C=O) groups excluding carboxylic acids is 2. The summed E-state index contributed by atoms with van der Waals surface area (Å²) in [5.41, 5.74) is 6.90. The fraction of sp³-hybridized carbons (Fsp3) is 0.158. The molecule has 7 heteroatoms. The predicted octanol–water partition coefficient (Wildman–Crippen LogP) is 2.84. The Morgan fingerprint density at radius 2 is 1.81 bits per heavy atom. The van der Waals surface area contributed by atoms with Gasteiger partial charge >= 0.3 is 0 Å². The number of halogens is 1. The molecule has 0 aliphatic heterocycles. The lowest BCUT2D eigenvalue weighted by molar-refractivity contribution is -0.128. The second-order valence-corrected chi connectivity index (χ2v) is 5.93. The van der Waals surface area contributed by atoms with Crippen molar-refractivity contribution in [2.24, 2.45) is 0 Å². The summed E-state index contributed by atoms with van der Waals surface area (Å²) in [7, 11) is 0. The number of carbonyl (C=O) groups is 2. The van der Waals surface area contributed by atoms with Crippen LogP contribution in [-0.2, 0) is 4.79 Å². The molecule has 0 spiro atoms. The molecule has 1 aromatic heterocycles. The fourth-order valence-electron chi connectivity index (χ4n) is 2.42. The van der Waals surface area contributed by atoms with Crippen LogP contribution in [-0.4, -0.2) is 22.9 Å². The number of aromatic nitrogens is 1. The Balaban J connectivity index is 1.57. The molecule has 3 rings (SSSR count). The third-order valence-electron chi connectivity index (χ3n) is 3.82. The lowest BCUT2D eigenvalue weighted by atomic mass is 10.2. The van der Waals surface area contributed by atoms with E-state index in [9.17, 15) is 14.0 Å². The molecule has 2 amide bonds. The second-order valence-electron chi connectivity index (χ2n) is 5.93. The molecule has 0 fully saturated rings. The molecule has 0 bridgehead atoms. The monoisotopic (exact) mass is 355 g/mol. The van der Waals surface area contributed by atoms with Crippen LogP contribution in [0.4, 0.5) is 4.39 Å². The number of fused-ring (bicyclic) bond motifs is 1. The zero-order valence-electron chi connectivity index (χ0n) is 14.3. The van der Waals surface area contributed by atoms with Gasteiger partial charge in [-0.25, -0.2) is 4.39 Å². The lowest BCUT2D eigenvalue weighted by Crippen LogP contribution is -2.47. The zero-order valence-corrected chi connectivity index (χ0v) is 14.3. The summed E-state index contributed by atoms with van der Waals surface area (Å²) >= 11 is 0. The Morgan fingerprint density at radius 1 is 1.08 bits per heavy atom. The van der Waals surface area contributed by atoms with Crippen LogP contribution in [0.3, 0.4) is 0 Å². The van der Waals surface area contributed by atoms with Gasteiger partial charge in [-0.15, -0.1) is 0 Å². The molecule has 1 heterocycles. The number of amides is 2. The number of aryl methyl sites for hydroxylation is 1. The number of rotatable bonds is 4. The second kappa shape index (κ2) is 7.26. The highest BCUT2D eigenvalue weighted by atomic mass is 19.1. The first-order valence-electron chi connectivity index (χ1n) is 8.04. The van der Waals surface area contributed by atoms with Crippen LogP contribution >= 0.6 is 0 Å². The molecule has 0 radical (unpaired) electrons. The molecular formula is C19H18FN3O3.